The fraction of sp³-hybridized carbons (Fsp3) is 0.536. The number of piperidine rings is 1. The van der Waals surface area contributed by atoms with E-state index >= 15 is 0 Å². The topological polar surface area (TPSA) is 75.3 Å². The number of methoxy groups -OCH3 is 2. The Morgan fingerprint density at radius 1 is 0.972 bits per heavy atom. The summed E-state index contributed by atoms with van der Waals surface area (Å²) >= 11 is 0. The third kappa shape index (κ3) is 7.35. The summed E-state index contributed by atoms with van der Waals surface area (Å²) in [5.74, 6) is 1.68. The third-order valence-electron chi connectivity index (χ3n) is 7.13. The van der Waals surface area contributed by atoms with Gasteiger partial charge in [-0.3, -0.25) is 9.69 Å². The molecule has 8 nitrogen and oxygen atoms in total. The molecule has 0 spiro atoms. The van der Waals surface area contributed by atoms with Gasteiger partial charge in [0.05, 0.1) is 27.4 Å². The molecule has 0 bridgehead atoms. The largest absolute Gasteiger partial charge is 0.497 e. The van der Waals surface area contributed by atoms with Crippen LogP contribution >= 0.6 is 0 Å². The average Bonchev–Trinajstić information content (AvgIpc) is 2.94. The van der Waals surface area contributed by atoms with Crippen molar-refractivity contribution in [1.82, 2.24) is 15.5 Å². The minimum atomic E-state index is -0.00814. The normalized spacial score (nSPS) is 17.1. The van der Waals surface area contributed by atoms with Crippen molar-refractivity contribution in [2.45, 2.75) is 25.3 Å². The van der Waals surface area contributed by atoms with Gasteiger partial charge < -0.3 is 29.7 Å². The predicted octanol–water partition coefficient (Wildman–Crippen LogP) is 2.57. The first-order chi connectivity index (χ1) is 17.7. The Morgan fingerprint density at radius 3 is 2.42 bits per heavy atom. The highest BCUT2D eigenvalue weighted by molar-refractivity contribution is 5.94. The third-order valence-corrected chi connectivity index (χ3v) is 7.13. The van der Waals surface area contributed by atoms with Crippen LogP contribution in [-0.4, -0.2) is 90.1 Å². The van der Waals surface area contributed by atoms with Crippen molar-refractivity contribution in [3.8, 4) is 11.5 Å². The van der Waals surface area contributed by atoms with Gasteiger partial charge in [-0.1, -0.05) is 6.07 Å². The molecule has 2 fully saturated rings. The Labute approximate surface area is 214 Å². The van der Waals surface area contributed by atoms with Gasteiger partial charge in [-0.25, -0.2) is 0 Å². The molecule has 0 saturated carbocycles. The number of amides is 1. The molecule has 36 heavy (non-hydrogen) atoms. The van der Waals surface area contributed by atoms with Crippen molar-refractivity contribution in [1.29, 1.82) is 0 Å². The second-order valence-electron chi connectivity index (χ2n) is 9.40. The molecule has 0 radical (unpaired) electrons. The SMILES string of the molecule is COc1ccc(CCNC2CCN(c3ccc(C(=O)NCCN4CCOCC4)cc3)CC2)c(OC)c1. The molecule has 2 N–H and O–H groups in total. The van der Waals surface area contributed by atoms with Gasteiger partial charge in [0.1, 0.15) is 11.5 Å². The number of morpholine rings is 1. The highest BCUT2D eigenvalue weighted by atomic mass is 16.5. The fourth-order valence-electron chi connectivity index (χ4n) is 4.89. The van der Waals surface area contributed by atoms with Gasteiger partial charge in [-0.15, -0.1) is 0 Å². The van der Waals surface area contributed by atoms with Crippen molar-refractivity contribution < 1.29 is 19.0 Å². The molecule has 8 heteroatoms. The number of carbonyl (C=O) groups excluding carboxylic acids is 1. The summed E-state index contributed by atoms with van der Waals surface area (Å²) in [4.78, 5) is 17.2. The Hall–Kier alpha value is -2.81. The van der Waals surface area contributed by atoms with Crippen LogP contribution in [0.2, 0.25) is 0 Å². The number of hydrogen-bond acceptors (Lipinski definition) is 7. The molecular weight excluding hydrogens is 456 g/mol. The lowest BCUT2D eigenvalue weighted by Gasteiger charge is -2.34. The van der Waals surface area contributed by atoms with Gasteiger partial charge in [0.2, 0.25) is 0 Å². The Morgan fingerprint density at radius 2 is 1.72 bits per heavy atom. The summed E-state index contributed by atoms with van der Waals surface area (Å²) in [5, 5.41) is 6.75. The first kappa shape index (κ1) is 26.3. The number of carbonyl (C=O) groups is 1. The molecule has 2 aliphatic rings. The van der Waals surface area contributed by atoms with Crippen LogP contribution < -0.4 is 25.0 Å². The fourth-order valence-corrected chi connectivity index (χ4v) is 4.89. The maximum Gasteiger partial charge on any atom is 0.251 e. The Bertz CT molecular complexity index is 955. The monoisotopic (exact) mass is 496 g/mol. The second kappa shape index (κ2) is 13.5. The van der Waals surface area contributed by atoms with E-state index in [1.54, 1.807) is 14.2 Å². The lowest BCUT2D eigenvalue weighted by molar-refractivity contribution is 0.0383. The zero-order chi connectivity index (χ0) is 25.2. The molecule has 196 valence electrons. The van der Waals surface area contributed by atoms with Gasteiger partial charge in [0.15, 0.2) is 0 Å². The predicted molar refractivity (Wildman–Crippen MR) is 143 cm³/mol. The number of ether oxygens (including phenoxy) is 3. The van der Waals surface area contributed by atoms with E-state index < -0.39 is 0 Å². The van der Waals surface area contributed by atoms with Gasteiger partial charge in [0, 0.05) is 62.6 Å². The van der Waals surface area contributed by atoms with Crippen molar-refractivity contribution >= 4 is 11.6 Å². The van der Waals surface area contributed by atoms with E-state index in [0.717, 1.165) is 83.2 Å². The number of rotatable bonds is 11. The summed E-state index contributed by atoms with van der Waals surface area (Å²) < 4.78 is 16.2. The number of hydrogen-bond donors (Lipinski definition) is 2. The highest BCUT2D eigenvalue weighted by Gasteiger charge is 2.19. The zero-order valence-electron chi connectivity index (χ0n) is 21.6. The molecule has 0 aliphatic carbocycles. The van der Waals surface area contributed by atoms with E-state index in [9.17, 15) is 4.79 Å². The smallest absolute Gasteiger partial charge is 0.251 e. The van der Waals surface area contributed by atoms with Gasteiger partial charge in [0.25, 0.3) is 5.91 Å². The molecular formula is C28H40N4O4. The molecule has 2 aromatic carbocycles. The van der Waals surface area contributed by atoms with Gasteiger partial charge >= 0.3 is 0 Å². The molecule has 2 heterocycles. The van der Waals surface area contributed by atoms with Crippen LogP contribution in [0.3, 0.4) is 0 Å². The van der Waals surface area contributed by atoms with Crippen LogP contribution in [0.4, 0.5) is 5.69 Å². The number of benzene rings is 2. The van der Waals surface area contributed by atoms with Crippen LogP contribution in [-0.2, 0) is 11.2 Å². The zero-order valence-corrected chi connectivity index (χ0v) is 21.6. The average molecular weight is 497 g/mol. The standard InChI is InChI=1S/C28H40N4O4/c1-34-26-8-5-22(27(21-26)35-2)9-12-29-24-10-14-32(15-11-24)25-6-3-23(4-7-25)28(33)30-13-16-31-17-19-36-20-18-31/h3-8,21,24,29H,9-20H2,1-2H3,(H,30,33). The van der Waals surface area contributed by atoms with E-state index in [1.165, 1.54) is 11.3 Å². The first-order valence-corrected chi connectivity index (χ1v) is 13.0. The van der Waals surface area contributed by atoms with Crippen LogP contribution in [0.25, 0.3) is 0 Å². The molecule has 1 amide bonds. The Balaban J connectivity index is 1.16. The van der Waals surface area contributed by atoms with Crippen LogP contribution in [0, 0.1) is 0 Å². The molecule has 0 unspecified atom stereocenters. The van der Waals surface area contributed by atoms with E-state index in [4.69, 9.17) is 14.2 Å². The number of nitrogens with one attached hydrogen (secondary N) is 2. The minimum Gasteiger partial charge on any atom is -0.497 e. The molecule has 4 rings (SSSR count). The van der Waals surface area contributed by atoms with Crippen LogP contribution in [0.15, 0.2) is 42.5 Å². The first-order valence-electron chi connectivity index (χ1n) is 13.0. The van der Waals surface area contributed by atoms with E-state index in [1.807, 2.05) is 24.3 Å². The summed E-state index contributed by atoms with van der Waals surface area (Å²) in [5.41, 5.74) is 3.08. The molecule has 0 atom stereocenters. The second-order valence-corrected chi connectivity index (χ2v) is 9.40. The van der Waals surface area contributed by atoms with Crippen molar-refractivity contribution in [3.63, 3.8) is 0 Å². The molecule has 0 aromatic heterocycles. The maximum absolute atomic E-state index is 12.5. The van der Waals surface area contributed by atoms with E-state index in [-0.39, 0.29) is 5.91 Å². The summed E-state index contributed by atoms with van der Waals surface area (Å²) in [6.07, 6.45) is 3.12. The number of nitrogens with zero attached hydrogens (tertiary/aromatic N) is 2. The van der Waals surface area contributed by atoms with E-state index in [2.05, 4.69) is 38.6 Å². The Kier molecular flexibility index (Phi) is 9.84. The molecule has 2 saturated heterocycles. The quantitative estimate of drug-likeness (QED) is 0.495. The maximum atomic E-state index is 12.5. The summed E-state index contributed by atoms with van der Waals surface area (Å²) in [7, 11) is 3.37. The van der Waals surface area contributed by atoms with Crippen LogP contribution in [0.5, 0.6) is 11.5 Å². The number of anilines is 1. The molecule has 2 aliphatic heterocycles. The lowest BCUT2D eigenvalue weighted by Crippen LogP contribution is -2.43. The van der Waals surface area contributed by atoms with Crippen molar-refractivity contribution in [2.24, 2.45) is 0 Å². The van der Waals surface area contributed by atoms with Gasteiger partial charge in [-0.2, -0.15) is 0 Å². The van der Waals surface area contributed by atoms with Crippen molar-refractivity contribution in [3.05, 3.63) is 53.6 Å². The minimum absolute atomic E-state index is 0.00814. The van der Waals surface area contributed by atoms with Gasteiger partial charge in [-0.05, 0) is 61.7 Å². The lowest BCUT2D eigenvalue weighted by atomic mass is 10.0. The summed E-state index contributed by atoms with van der Waals surface area (Å²) in [6.45, 7) is 7.90. The van der Waals surface area contributed by atoms with Crippen molar-refractivity contribution in [2.75, 3.05) is 78.1 Å². The van der Waals surface area contributed by atoms with E-state index in [0.29, 0.717) is 18.2 Å². The highest BCUT2D eigenvalue weighted by Crippen LogP contribution is 2.25. The molecule has 2 aromatic rings. The van der Waals surface area contributed by atoms with Crippen LogP contribution in [0.1, 0.15) is 28.8 Å². The summed E-state index contributed by atoms with van der Waals surface area (Å²) in [6, 6.07) is 14.5.